The number of rotatable bonds is 7. The first kappa shape index (κ1) is 18.1. The van der Waals surface area contributed by atoms with E-state index in [9.17, 15) is 9.59 Å². The van der Waals surface area contributed by atoms with Gasteiger partial charge in [0.15, 0.2) is 11.6 Å². The summed E-state index contributed by atoms with van der Waals surface area (Å²) < 4.78 is 0. The Labute approximate surface area is 144 Å². The SMILES string of the molecule is CC(C)c1ccc(C(=O)CCC(=O)c2ccc(C(C)C)cc2)cc1. The molecule has 0 saturated carbocycles. The van der Waals surface area contributed by atoms with Crippen LogP contribution in [0.25, 0.3) is 0 Å². The highest BCUT2D eigenvalue weighted by Gasteiger charge is 2.12. The highest BCUT2D eigenvalue weighted by Crippen LogP contribution is 2.18. The van der Waals surface area contributed by atoms with Crippen LogP contribution in [0.2, 0.25) is 0 Å². The van der Waals surface area contributed by atoms with Crippen LogP contribution < -0.4 is 0 Å². The van der Waals surface area contributed by atoms with Crippen LogP contribution in [0.3, 0.4) is 0 Å². The third-order valence-electron chi connectivity index (χ3n) is 4.38. The van der Waals surface area contributed by atoms with Gasteiger partial charge in [-0.25, -0.2) is 0 Å². The molecule has 0 heterocycles. The first-order valence-corrected chi connectivity index (χ1v) is 8.64. The van der Waals surface area contributed by atoms with E-state index in [0.29, 0.717) is 23.0 Å². The molecule has 0 radical (unpaired) electrons. The Kier molecular flexibility index (Phi) is 6.08. The zero-order chi connectivity index (χ0) is 17.7. The minimum atomic E-state index is 0.0254. The van der Waals surface area contributed by atoms with E-state index >= 15 is 0 Å². The molecule has 0 aliphatic heterocycles. The molecule has 0 aliphatic carbocycles. The third kappa shape index (κ3) is 4.64. The Balaban J connectivity index is 1.94. The van der Waals surface area contributed by atoms with E-state index in [1.807, 2.05) is 48.5 Å². The number of carbonyl (C=O) groups excluding carboxylic acids is 2. The summed E-state index contributed by atoms with van der Waals surface area (Å²) in [6.07, 6.45) is 0.511. The molecule has 0 spiro atoms. The molecular weight excluding hydrogens is 296 g/mol. The van der Waals surface area contributed by atoms with Crippen LogP contribution in [0, 0.1) is 0 Å². The van der Waals surface area contributed by atoms with E-state index in [1.165, 1.54) is 11.1 Å². The van der Waals surface area contributed by atoms with Crippen molar-refractivity contribution in [1.29, 1.82) is 0 Å². The predicted octanol–water partition coefficient (Wildman–Crippen LogP) is 5.78. The summed E-state index contributed by atoms with van der Waals surface area (Å²) in [4.78, 5) is 24.5. The second-order valence-electron chi connectivity index (χ2n) is 6.90. The van der Waals surface area contributed by atoms with Gasteiger partial charge in [0.05, 0.1) is 0 Å². The molecule has 0 saturated heterocycles. The molecule has 0 aromatic heterocycles. The molecular formula is C22H26O2. The number of hydrogen-bond donors (Lipinski definition) is 0. The molecule has 0 unspecified atom stereocenters. The third-order valence-corrected chi connectivity index (χ3v) is 4.38. The van der Waals surface area contributed by atoms with Gasteiger partial charge in [0.25, 0.3) is 0 Å². The van der Waals surface area contributed by atoms with Crippen LogP contribution in [0.5, 0.6) is 0 Å². The average molecular weight is 322 g/mol. The minimum Gasteiger partial charge on any atom is -0.294 e. The first-order valence-electron chi connectivity index (χ1n) is 8.64. The van der Waals surface area contributed by atoms with Crippen molar-refractivity contribution in [2.24, 2.45) is 0 Å². The molecule has 2 aromatic carbocycles. The number of benzene rings is 2. The molecule has 0 bridgehead atoms. The van der Waals surface area contributed by atoms with Gasteiger partial charge in [-0.1, -0.05) is 76.2 Å². The fourth-order valence-corrected chi connectivity index (χ4v) is 2.62. The zero-order valence-electron chi connectivity index (χ0n) is 15.0. The molecule has 2 rings (SSSR count). The average Bonchev–Trinajstić information content (AvgIpc) is 2.59. The Morgan fingerprint density at radius 2 is 0.917 bits per heavy atom. The molecule has 2 aromatic rings. The molecule has 0 fully saturated rings. The Morgan fingerprint density at radius 3 is 1.17 bits per heavy atom. The van der Waals surface area contributed by atoms with Crippen molar-refractivity contribution in [3.8, 4) is 0 Å². The summed E-state index contributed by atoms with van der Waals surface area (Å²) in [5, 5.41) is 0. The van der Waals surface area contributed by atoms with Crippen molar-refractivity contribution < 1.29 is 9.59 Å². The van der Waals surface area contributed by atoms with Gasteiger partial charge >= 0.3 is 0 Å². The number of Topliss-reactive ketones (excluding diaryl/α,β-unsaturated/α-hetero) is 2. The second kappa shape index (κ2) is 8.05. The summed E-state index contributed by atoms with van der Waals surface area (Å²) in [6, 6.07) is 15.4. The highest BCUT2D eigenvalue weighted by atomic mass is 16.1. The van der Waals surface area contributed by atoms with Crippen LogP contribution in [0.1, 0.15) is 84.2 Å². The first-order chi connectivity index (χ1) is 11.4. The molecule has 2 heteroatoms. The normalized spacial score (nSPS) is 11.1. The van der Waals surface area contributed by atoms with E-state index < -0.39 is 0 Å². The molecule has 2 nitrogen and oxygen atoms in total. The summed E-state index contributed by atoms with van der Waals surface area (Å²) >= 11 is 0. The van der Waals surface area contributed by atoms with Gasteiger partial charge in [-0.2, -0.15) is 0 Å². The van der Waals surface area contributed by atoms with E-state index in [0.717, 1.165) is 0 Å². The number of hydrogen-bond acceptors (Lipinski definition) is 2. The van der Waals surface area contributed by atoms with Crippen molar-refractivity contribution >= 4 is 11.6 Å². The summed E-state index contributed by atoms with van der Waals surface area (Å²) in [7, 11) is 0. The quantitative estimate of drug-likeness (QED) is 0.606. The highest BCUT2D eigenvalue weighted by molar-refractivity contribution is 6.02. The lowest BCUT2D eigenvalue weighted by Gasteiger charge is -2.07. The lowest BCUT2D eigenvalue weighted by molar-refractivity contribution is 0.0917. The van der Waals surface area contributed by atoms with Crippen LogP contribution in [0.4, 0.5) is 0 Å². The van der Waals surface area contributed by atoms with Gasteiger partial charge in [-0.3, -0.25) is 9.59 Å². The van der Waals surface area contributed by atoms with Crippen molar-refractivity contribution in [3.05, 3.63) is 70.8 Å². The lowest BCUT2D eigenvalue weighted by atomic mass is 9.97. The summed E-state index contributed by atoms with van der Waals surface area (Å²) in [5.74, 6) is 0.948. The second-order valence-corrected chi connectivity index (χ2v) is 6.90. The van der Waals surface area contributed by atoms with Crippen LogP contribution in [-0.2, 0) is 0 Å². The van der Waals surface area contributed by atoms with Crippen molar-refractivity contribution in [1.82, 2.24) is 0 Å². The maximum Gasteiger partial charge on any atom is 0.163 e. The number of carbonyl (C=O) groups is 2. The van der Waals surface area contributed by atoms with Crippen molar-refractivity contribution in [2.75, 3.05) is 0 Å². The smallest absolute Gasteiger partial charge is 0.163 e. The van der Waals surface area contributed by atoms with Gasteiger partial charge in [0.1, 0.15) is 0 Å². The van der Waals surface area contributed by atoms with Gasteiger partial charge < -0.3 is 0 Å². The van der Waals surface area contributed by atoms with E-state index in [2.05, 4.69) is 27.7 Å². The van der Waals surface area contributed by atoms with Crippen molar-refractivity contribution in [3.63, 3.8) is 0 Å². The largest absolute Gasteiger partial charge is 0.294 e. The topological polar surface area (TPSA) is 34.1 Å². The van der Waals surface area contributed by atoms with E-state index in [1.54, 1.807) is 0 Å². The molecule has 24 heavy (non-hydrogen) atoms. The fraction of sp³-hybridized carbons (Fsp3) is 0.364. The van der Waals surface area contributed by atoms with E-state index in [4.69, 9.17) is 0 Å². The van der Waals surface area contributed by atoms with Gasteiger partial charge in [0, 0.05) is 24.0 Å². The van der Waals surface area contributed by atoms with Crippen molar-refractivity contribution in [2.45, 2.75) is 52.4 Å². The summed E-state index contributed by atoms with van der Waals surface area (Å²) in [5.41, 5.74) is 3.80. The van der Waals surface area contributed by atoms with E-state index in [-0.39, 0.29) is 24.4 Å². The Morgan fingerprint density at radius 1 is 0.625 bits per heavy atom. The van der Waals surface area contributed by atoms with Crippen LogP contribution >= 0.6 is 0 Å². The molecule has 0 aliphatic rings. The molecule has 126 valence electrons. The molecule has 0 N–H and O–H groups in total. The minimum absolute atomic E-state index is 0.0254. The maximum absolute atomic E-state index is 12.3. The maximum atomic E-state index is 12.3. The molecule has 0 atom stereocenters. The van der Waals surface area contributed by atoms with Crippen LogP contribution in [0.15, 0.2) is 48.5 Å². The fourth-order valence-electron chi connectivity index (χ4n) is 2.62. The Hall–Kier alpha value is -2.22. The van der Waals surface area contributed by atoms with Gasteiger partial charge in [-0.05, 0) is 23.0 Å². The Bertz CT molecular complexity index is 628. The zero-order valence-corrected chi connectivity index (χ0v) is 15.0. The molecule has 0 amide bonds. The van der Waals surface area contributed by atoms with Gasteiger partial charge in [0.2, 0.25) is 0 Å². The summed E-state index contributed by atoms with van der Waals surface area (Å²) in [6.45, 7) is 8.50. The van der Waals surface area contributed by atoms with Gasteiger partial charge in [-0.15, -0.1) is 0 Å². The lowest BCUT2D eigenvalue weighted by Crippen LogP contribution is -2.05. The number of ketones is 2. The predicted molar refractivity (Wildman–Crippen MR) is 99.0 cm³/mol. The standard InChI is InChI=1S/C22H26O2/c1-15(2)17-5-9-19(10-6-17)21(23)13-14-22(24)20-11-7-18(8-12-20)16(3)4/h5-12,15-16H,13-14H2,1-4H3. The van der Waals surface area contributed by atoms with Crippen LogP contribution in [-0.4, -0.2) is 11.6 Å². The monoisotopic (exact) mass is 322 g/mol.